The van der Waals surface area contributed by atoms with Crippen molar-refractivity contribution in [2.45, 2.75) is 6.54 Å². The summed E-state index contributed by atoms with van der Waals surface area (Å²) in [7, 11) is 0. The lowest BCUT2D eigenvalue weighted by atomic mass is 10.0. The zero-order valence-corrected chi connectivity index (χ0v) is 15.9. The number of benzene rings is 2. The molecule has 2 aliphatic heterocycles. The summed E-state index contributed by atoms with van der Waals surface area (Å²) < 4.78 is 19.5. The summed E-state index contributed by atoms with van der Waals surface area (Å²) in [6.45, 7) is 1.48. The van der Waals surface area contributed by atoms with E-state index in [4.69, 9.17) is 4.74 Å². The van der Waals surface area contributed by atoms with E-state index in [2.05, 4.69) is 0 Å². The lowest BCUT2D eigenvalue weighted by Crippen LogP contribution is -2.40. The molecule has 8 nitrogen and oxygen atoms in total. The minimum Gasteiger partial charge on any atom is -0.378 e. The molecule has 9 heteroatoms. The molecule has 0 bridgehead atoms. The largest absolute Gasteiger partial charge is 0.378 e. The predicted molar refractivity (Wildman–Crippen MR) is 104 cm³/mol. The lowest BCUT2D eigenvalue weighted by Gasteiger charge is -2.29. The number of hydrogen-bond donors (Lipinski definition) is 0. The summed E-state index contributed by atoms with van der Waals surface area (Å²) in [5.74, 6) is -1.58. The molecule has 0 atom stereocenters. The van der Waals surface area contributed by atoms with E-state index in [1.807, 2.05) is 0 Å². The molecule has 2 heterocycles. The van der Waals surface area contributed by atoms with Gasteiger partial charge in [-0.25, -0.2) is 4.39 Å². The highest BCUT2D eigenvalue weighted by molar-refractivity contribution is 6.35. The first-order valence-electron chi connectivity index (χ1n) is 9.39. The zero-order valence-electron chi connectivity index (χ0n) is 15.9. The second-order valence-electron chi connectivity index (χ2n) is 6.91. The van der Waals surface area contributed by atoms with Crippen molar-refractivity contribution in [3.8, 4) is 0 Å². The van der Waals surface area contributed by atoms with Gasteiger partial charge in [0.05, 0.1) is 30.3 Å². The summed E-state index contributed by atoms with van der Waals surface area (Å²) in [6, 6.07) is 11.4. The van der Waals surface area contributed by atoms with Gasteiger partial charge in [0.15, 0.2) is 0 Å². The third-order valence-corrected chi connectivity index (χ3v) is 5.12. The van der Waals surface area contributed by atoms with Crippen LogP contribution >= 0.6 is 0 Å². The molecule has 1 fully saturated rings. The Balaban J connectivity index is 1.74. The van der Waals surface area contributed by atoms with Gasteiger partial charge in [-0.05, 0) is 23.8 Å². The molecule has 0 radical (unpaired) electrons. The standard InChI is InChI=1S/C21H18FN3O5/c22-17-4-2-1-3-15(17)13-24-20(26)18(14-5-7-16(8-6-14)25(28)29)19(21(24)27)23-9-11-30-12-10-23/h1-8H,9-13H2. The lowest BCUT2D eigenvalue weighted by molar-refractivity contribution is -0.384. The molecular weight excluding hydrogens is 393 g/mol. The van der Waals surface area contributed by atoms with Crippen LogP contribution in [0, 0.1) is 15.9 Å². The monoisotopic (exact) mass is 411 g/mol. The van der Waals surface area contributed by atoms with Crippen molar-refractivity contribution < 1.29 is 23.6 Å². The van der Waals surface area contributed by atoms with Gasteiger partial charge >= 0.3 is 0 Å². The molecule has 2 aliphatic rings. The quantitative estimate of drug-likeness (QED) is 0.426. The molecule has 0 saturated carbocycles. The van der Waals surface area contributed by atoms with Crippen LogP contribution in [0.3, 0.4) is 0 Å². The first-order chi connectivity index (χ1) is 14.5. The van der Waals surface area contributed by atoms with Gasteiger partial charge < -0.3 is 9.64 Å². The summed E-state index contributed by atoms with van der Waals surface area (Å²) in [5.41, 5.74) is 0.885. The van der Waals surface area contributed by atoms with E-state index in [1.165, 1.54) is 42.5 Å². The number of carbonyl (C=O) groups is 2. The Labute approximate surface area is 171 Å². The van der Waals surface area contributed by atoms with E-state index >= 15 is 0 Å². The molecule has 0 aromatic heterocycles. The van der Waals surface area contributed by atoms with Crippen molar-refractivity contribution in [2.24, 2.45) is 0 Å². The molecule has 0 N–H and O–H groups in total. The SMILES string of the molecule is O=C1C(c2ccc([N+](=O)[O-])cc2)=C(N2CCOCC2)C(=O)N1Cc1ccccc1F. The number of hydrogen-bond acceptors (Lipinski definition) is 6. The Hall–Kier alpha value is -3.59. The highest BCUT2D eigenvalue weighted by Gasteiger charge is 2.42. The van der Waals surface area contributed by atoms with Gasteiger partial charge in [-0.3, -0.25) is 24.6 Å². The summed E-state index contributed by atoms with van der Waals surface area (Å²) in [6.07, 6.45) is 0. The van der Waals surface area contributed by atoms with Crippen molar-refractivity contribution in [1.82, 2.24) is 9.80 Å². The average Bonchev–Trinajstić information content (AvgIpc) is 3.00. The molecule has 1 saturated heterocycles. The molecule has 0 aliphatic carbocycles. The second kappa shape index (κ2) is 8.03. The predicted octanol–water partition coefficient (Wildman–Crippen LogP) is 2.35. The topological polar surface area (TPSA) is 93.0 Å². The van der Waals surface area contributed by atoms with E-state index in [9.17, 15) is 24.1 Å². The van der Waals surface area contributed by atoms with E-state index in [-0.39, 0.29) is 29.1 Å². The van der Waals surface area contributed by atoms with Crippen LogP contribution in [0.25, 0.3) is 5.57 Å². The number of halogens is 1. The van der Waals surface area contributed by atoms with Gasteiger partial charge in [0.1, 0.15) is 11.5 Å². The fourth-order valence-corrected chi connectivity index (χ4v) is 3.59. The molecule has 4 rings (SSSR count). The number of nitro groups is 1. The van der Waals surface area contributed by atoms with Gasteiger partial charge in [0.25, 0.3) is 17.5 Å². The molecule has 2 amide bonds. The third-order valence-electron chi connectivity index (χ3n) is 5.12. The number of nitrogens with zero attached hydrogens (tertiary/aromatic N) is 3. The second-order valence-corrected chi connectivity index (χ2v) is 6.91. The van der Waals surface area contributed by atoms with Crippen LogP contribution in [-0.4, -0.2) is 52.8 Å². The van der Waals surface area contributed by atoms with Gasteiger partial charge in [-0.15, -0.1) is 0 Å². The van der Waals surface area contributed by atoms with Crippen molar-refractivity contribution in [3.05, 3.63) is 81.3 Å². The van der Waals surface area contributed by atoms with Crippen LogP contribution < -0.4 is 0 Å². The molecule has 154 valence electrons. The van der Waals surface area contributed by atoms with Crippen molar-refractivity contribution in [2.75, 3.05) is 26.3 Å². The van der Waals surface area contributed by atoms with Crippen LogP contribution in [0.1, 0.15) is 11.1 Å². The first-order valence-corrected chi connectivity index (χ1v) is 9.39. The van der Waals surface area contributed by atoms with Gasteiger partial charge in [0, 0.05) is 30.8 Å². The van der Waals surface area contributed by atoms with Gasteiger partial charge in [-0.1, -0.05) is 18.2 Å². The maximum atomic E-state index is 14.1. The number of ether oxygens (including phenoxy) is 1. The van der Waals surface area contributed by atoms with Crippen LogP contribution in [0.2, 0.25) is 0 Å². The molecule has 0 unspecified atom stereocenters. The summed E-state index contributed by atoms with van der Waals surface area (Å²) in [4.78, 5) is 39.7. The number of amides is 2. The van der Waals surface area contributed by atoms with E-state index < -0.39 is 22.6 Å². The Morgan fingerprint density at radius 3 is 2.30 bits per heavy atom. The number of morpholine rings is 1. The maximum Gasteiger partial charge on any atom is 0.278 e. The van der Waals surface area contributed by atoms with Crippen LogP contribution in [0.4, 0.5) is 10.1 Å². The molecule has 30 heavy (non-hydrogen) atoms. The number of imide groups is 1. The van der Waals surface area contributed by atoms with Crippen molar-refractivity contribution in [3.63, 3.8) is 0 Å². The molecule has 2 aromatic carbocycles. The average molecular weight is 411 g/mol. The Kier molecular flexibility index (Phi) is 5.28. The van der Waals surface area contributed by atoms with E-state index in [1.54, 1.807) is 11.0 Å². The highest BCUT2D eigenvalue weighted by Crippen LogP contribution is 2.34. The zero-order chi connectivity index (χ0) is 21.3. The Morgan fingerprint density at radius 1 is 1.00 bits per heavy atom. The minimum absolute atomic E-state index is 0.118. The number of nitro benzene ring substituents is 1. The van der Waals surface area contributed by atoms with Crippen molar-refractivity contribution >= 4 is 23.1 Å². The third kappa shape index (κ3) is 3.55. The number of non-ortho nitro benzene ring substituents is 1. The summed E-state index contributed by atoms with van der Waals surface area (Å²) >= 11 is 0. The van der Waals surface area contributed by atoms with Crippen LogP contribution in [-0.2, 0) is 20.9 Å². The van der Waals surface area contributed by atoms with E-state index in [0.29, 0.717) is 31.9 Å². The van der Waals surface area contributed by atoms with Gasteiger partial charge in [0.2, 0.25) is 0 Å². The molecule has 0 spiro atoms. The molecular formula is C21H18FN3O5. The number of carbonyl (C=O) groups excluding carboxylic acids is 2. The van der Waals surface area contributed by atoms with Crippen LogP contribution in [0.5, 0.6) is 0 Å². The minimum atomic E-state index is -0.557. The van der Waals surface area contributed by atoms with Gasteiger partial charge in [-0.2, -0.15) is 0 Å². The normalized spacial score (nSPS) is 17.1. The highest BCUT2D eigenvalue weighted by atomic mass is 19.1. The first kappa shape index (κ1) is 19.7. The molecule has 2 aromatic rings. The van der Waals surface area contributed by atoms with Crippen LogP contribution in [0.15, 0.2) is 54.2 Å². The fraction of sp³-hybridized carbons (Fsp3) is 0.238. The summed E-state index contributed by atoms with van der Waals surface area (Å²) in [5, 5.41) is 11.0. The van der Waals surface area contributed by atoms with Crippen molar-refractivity contribution in [1.29, 1.82) is 0 Å². The smallest absolute Gasteiger partial charge is 0.278 e. The fourth-order valence-electron chi connectivity index (χ4n) is 3.59. The maximum absolute atomic E-state index is 14.1. The van der Waals surface area contributed by atoms with E-state index in [0.717, 1.165) is 4.90 Å². The number of rotatable bonds is 5. The Bertz CT molecular complexity index is 1040. The Morgan fingerprint density at radius 2 is 1.67 bits per heavy atom.